The fraction of sp³-hybridized carbons (Fsp3) is 0.432. The van der Waals surface area contributed by atoms with Gasteiger partial charge < -0.3 is 25.4 Å². The number of anilines is 3. The number of carbonyl (C=O) groups excluding carboxylic acids is 1. The predicted molar refractivity (Wildman–Crippen MR) is 185 cm³/mol. The molecule has 0 bridgehead atoms. The normalized spacial score (nSPS) is 15.4. The number of nitrogens with zero attached hydrogens (tertiary/aromatic N) is 2. The molecule has 2 heterocycles. The number of nitrogens with one attached hydrogen (secondary N) is 3. The zero-order valence-corrected chi connectivity index (χ0v) is 27.7. The SMILES string of the molecule is C=CC(=O)Nc1cc(Nc2nccc(C(=CC)c3cccc4c3CC(CC)CCO4)n2)c(OC)cc1C(CCCNC)C(C)C. The van der Waals surface area contributed by atoms with Crippen molar-refractivity contribution in [3.8, 4) is 11.5 Å². The lowest BCUT2D eigenvalue weighted by Gasteiger charge is -2.26. The molecule has 0 spiro atoms. The van der Waals surface area contributed by atoms with Crippen molar-refractivity contribution in [2.75, 3.05) is 37.9 Å². The van der Waals surface area contributed by atoms with Crippen LogP contribution in [0.5, 0.6) is 11.5 Å². The molecule has 0 saturated carbocycles. The molecule has 4 rings (SSSR count). The number of allylic oxidation sites excluding steroid dienone is 1. The Balaban J connectivity index is 1.72. The number of hydrogen-bond donors (Lipinski definition) is 3. The highest BCUT2D eigenvalue weighted by Crippen LogP contribution is 2.41. The van der Waals surface area contributed by atoms with E-state index in [1.165, 1.54) is 11.6 Å². The molecule has 1 aliphatic rings. The van der Waals surface area contributed by atoms with Gasteiger partial charge >= 0.3 is 0 Å². The third kappa shape index (κ3) is 8.31. The summed E-state index contributed by atoms with van der Waals surface area (Å²) in [5, 5.41) is 9.65. The van der Waals surface area contributed by atoms with Crippen molar-refractivity contribution in [3.63, 3.8) is 0 Å². The monoisotopic (exact) mass is 611 g/mol. The second-order valence-electron chi connectivity index (χ2n) is 11.9. The molecule has 0 radical (unpaired) electrons. The van der Waals surface area contributed by atoms with Crippen LogP contribution in [0.15, 0.2) is 61.3 Å². The van der Waals surface area contributed by atoms with Crippen LogP contribution in [-0.2, 0) is 11.2 Å². The Hall–Kier alpha value is -4.17. The maximum Gasteiger partial charge on any atom is 0.247 e. The molecule has 3 aromatic rings. The van der Waals surface area contributed by atoms with E-state index in [2.05, 4.69) is 72.6 Å². The number of amides is 1. The summed E-state index contributed by atoms with van der Waals surface area (Å²) in [6.45, 7) is 14.0. The van der Waals surface area contributed by atoms with E-state index in [0.29, 0.717) is 34.9 Å². The van der Waals surface area contributed by atoms with Crippen LogP contribution in [0.1, 0.15) is 81.7 Å². The average molecular weight is 612 g/mol. The smallest absolute Gasteiger partial charge is 0.247 e. The molecule has 8 nitrogen and oxygen atoms in total. The van der Waals surface area contributed by atoms with Gasteiger partial charge in [0.15, 0.2) is 0 Å². The molecular weight excluding hydrogens is 562 g/mol. The Bertz CT molecular complexity index is 1500. The summed E-state index contributed by atoms with van der Waals surface area (Å²) in [5.41, 5.74) is 6.61. The van der Waals surface area contributed by atoms with Crippen LogP contribution >= 0.6 is 0 Å². The highest BCUT2D eigenvalue weighted by atomic mass is 16.5. The van der Waals surface area contributed by atoms with E-state index < -0.39 is 0 Å². The minimum Gasteiger partial charge on any atom is -0.495 e. The molecule has 0 aliphatic carbocycles. The van der Waals surface area contributed by atoms with Gasteiger partial charge in [-0.2, -0.15) is 0 Å². The number of methoxy groups -OCH3 is 1. The van der Waals surface area contributed by atoms with Gasteiger partial charge in [0.1, 0.15) is 11.5 Å². The van der Waals surface area contributed by atoms with Gasteiger partial charge in [-0.3, -0.25) is 4.79 Å². The predicted octanol–water partition coefficient (Wildman–Crippen LogP) is 7.90. The molecule has 0 fully saturated rings. The number of rotatable bonds is 14. The molecule has 1 amide bonds. The molecule has 2 atom stereocenters. The zero-order valence-electron chi connectivity index (χ0n) is 27.7. The highest BCUT2D eigenvalue weighted by molar-refractivity contribution is 6.00. The molecule has 2 unspecified atom stereocenters. The van der Waals surface area contributed by atoms with Gasteiger partial charge in [-0.15, -0.1) is 0 Å². The van der Waals surface area contributed by atoms with Gasteiger partial charge in [-0.1, -0.05) is 52.0 Å². The summed E-state index contributed by atoms with van der Waals surface area (Å²) in [5.74, 6) is 2.93. The minimum atomic E-state index is -0.266. The van der Waals surface area contributed by atoms with Gasteiger partial charge in [0.25, 0.3) is 0 Å². The molecule has 1 aromatic heterocycles. The lowest BCUT2D eigenvalue weighted by atomic mass is 9.83. The van der Waals surface area contributed by atoms with E-state index >= 15 is 0 Å². The van der Waals surface area contributed by atoms with Crippen LogP contribution in [0, 0.1) is 11.8 Å². The lowest BCUT2D eigenvalue weighted by Crippen LogP contribution is -2.16. The van der Waals surface area contributed by atoms with Gasteiger partial charge in [0, 0.05) is 23.0 Å². The van der Waals surface area contributed by atoms with Crippen LogP contribution in [0.4, 0.5) is 17.3 Å². The molecule has 240 valence electrons. The summed E-state index contributed by atoms with van der Waals surface area (Å²) in [6, 6.07) is 12.1. The quantitative estimate of drug-likeness (QED) is 0.126. The van der Waals surface area contributed by atoms with Gasteiger partial charge in [0.2, 0.25) is 11.9 Å². The Labute approximate surface area is 268 Å². The van der Waals surface area contributed by atoms with E-state index in [9.17, 15) is 4.79 Å². The van der Waals surface area contributed by atoms with Crippen LogP contribution in [0.3, 0.4) is 0 Å². The zero-order chi connectivity index (χ0) is 32.3. The highest BCUT2D eigenvalue weighted by Gasteiger charge is 2.24. The number of benzene rings is 2. The van der Waals surface area contributed by atoms with Crippen molar-refractivity contribution in [2.24, 2.45) is 11.8 Å². The standard InChI is InChI=1S/C37H49N5O3/c1-8-25-17-20-45-34-15-11-13-28(30(34)21-25)26(9-2)31-16-19-39-37(41-31)42-33-23-32(40-36(43)10-3)29(22-35(33)44-7)27(24(4)5)14-12-18-38-6/h9-11,13,15-16,19,22-25,27,38H,3,8,12,14,17-18,20-21H2,1-2,4-7H3,(H,40,43)(H,39,41,42). The third-order valence-corrected chi connectivity index (χ3v) is 8.70. The minimum absolute atomic E-state index is 0.218. The second-order valence-corrected chi connectivity index (χ2v) is 11.9. The van der Waals surface area contributed by atoms with E-state index in [-0.39, 0.29) is 11.8 Å². The first kappa shape index (κ1) is 33.7. The maximum atomic E-state index is 12.5. The molecule has 45 heavy (non-hydrogen) atoms. The first-order valence-electron chi connectivity index (χ1n) is 16.1. The molecular formula is C37H49N5O3. The van der Waals surface area contributed by atoms with Crippen molar-refractivity contribution in [2.45, 2.75) is 65.7 Å². The van der Waals surface area contributed by atoms with Crippen molar-refractivity contribution in [1.29, 1.82) is 0 Å². The number of hydrogen-bond acceptors (Lipinski definition) is 7. The van der Waals surface area contributed by atoms with Gasteiger partial charge in [-0.05, 0) is 105 Å². The molecule has 1 aliphatic heterocycles. The third-order valence-electron chi connectivity index (χ3n) is 8.70. The summed E-state index contributed by atoms with van der Waals surface area (Å²) in [4.78, 5) is 22.0. The number of fused-ring (bicyclic) bond motifs is 1. The molecule has 3 N–H and O–H groups in total. The fourth-order valence-corrected chi connectivity index (χ4v) is 6.18. The number of aromatic nitrogens is 2. The Morgan fingerprint density at radius 3 is 2.73 bits per heavy atom. The second kappa shape index (κ2) is 16.2. The molecule has 8 heteroatoms. The summed E-state index contributed by atoms with van der Waals surface area (Å²) >= 11 is 0. The van der Waals surface area contributed by atoms with Crippen molar-refractivity contribution in [1.82, 2.24) is 15.3 Å². The van der Waals surface area contributed by atoms with Crippen molar-refractivity contribution >= 4 is 28.8 Å². The Kier molecular flexibility index (Phi) is 12.2. The van der Waals surface area contributed by atoms with E-state index in [1.54, 1.807) is 13.3 Å². The van der Waals surface area contributed by atoms with Crippen LogP contribution in [0.25, 0.3) is 5.57 Å². The summed E-state index contributed by atoms with van der Waals surface area (Å²) in [6.07, 6.45) is 10.3. The first-order chi connectivity index (χ1) is 21.8. The Morgan fingerprint density at radius 2 is 2.04 bits per heavy atom. The van der Waals surface area contributed by atoms with Crippen LogP contribution in [0.2, 0.25) is 0 Å². The largest absolute Gasteiger partial charge is 0.495 e. The Morgan fingerprint density at radius 1 is 1.22 bits per heavy atom. The molecule has 0 saturated heterocycles. The van der Waals surface area contributed by atoms with Crippen molar-refractivity contribution < 1.29 is 14.3 Å². The number of carbonyl (C=O) groups is 1. The average Bonchev–Trinajstić information content (AvgIpc) is 3.27. The summed E-state index contributed by atoms with van der Waals surface area (Å²) in [7, 11) is 3.62. The number of ether oxygens (including phenoxy) is 2. The van der Waals surface area contributed by atoms with E-state index in [0.717, 1.165) is 73.4 Å². The van der Waals surface area contributed by atoms with Gasteiger partial charge in [-0.25, -0.2) is 9.97 Å². The lowest BCUT2D eigenvalue weighted by molar-refractivity contribution is -0.111. The van der Waals surface area contributed by atoms with Crippen molar-refractivity contribution in [3.05, 3.63) is 83.7 Å². The molecule has 2 aromatic carbocycles. The van der Waals surface area contributed by atoms with Gasteiger partial charge in [0.05, 0.1) is 25.1 Å². The maximum absolute atomic E-state index is 12.5. The summed E-state index contributed by atoms with van der Waals surface area (Å²) < 4.78 is 12.0. The van der Waals surface area contributed by atoms with E-state index in [4.69, 9.17) is 14.5 Å². The topological polar surface area (TPSA) is 97.4 Å². The fourth-order valence-electron chi connectivity index (χ4n) is 6.18. The first-order valence-corrected chi connectivity index (χ1v) is 16.1. The van der Waals surface area contributed by atoms with Crippen LogP contribution in [-0.4, -0.2) is 43.2 Å². The van der Waals surface area contributed by atoms with Crippen LogP contribution < -0.4 is 25.4 Å². The van der Waals surface area contributed by atoms with E-state index in [1.807, 2.05) is 32.2 Å².